The second-order valence-electron chi connectivity index (χ2n) is 4.16. The molecule has 1 unspecified atom stereocenters. The summed E-state index contributed by atoms with van der Waals surface area (Å²) in [5, 5.41) is 4.22. The van der Waals surface area contributed by atoms with Crippen LogP contribution in [0.2, 0.25) is 0 Å². The quantitative estimate of drug-likeness (QED) is 0.550. The Bertz CT molecular complexity index is 709. The van der Waals surface area contributed by atoms with Crippen LogP contribution in [-0.2, 0) is 0 Å². The minimum absolute atomic E-state index is 0.299. The van der Waals surface area contributed by atoms with Gasteiger partial charge in [0.05, 0.1) is 24.0 Å². The SMILES string of the molecule is NNC(c1cccc(F)c1)c1cnn2ccncc12. The second kappa shape index (κ2) is 4.75. The molecule has 0 aliphatic carbocycles. The highest BCUT2D eigenvalue weighted by atomic mass is 19.1. The van der Waals surface area contributed by atoms with Gasteiger partial charge in [-0.1, -0.05) is 12.1 Å². The average molecular weight is 257 g/mol. The molecule has 3 N–H and O–H groups in total. The highest BCUT2D eigenvalue weighted by Gasteiger charge is 2.17. The lowest BCUT2D eigenvalue weighted by Gasteiger charge is -2.15. The van der Waals surface area contributed by atoms with Crippen LogP contribution < -0.4 is 11.3 Å². The Morgan fingerprint density at radius 2 is 2.21 bits per heavy atom. The first-order chi connectivity index (χ1) is 9.29. The van der Waals surface area contributed by atoms with Crippen molar-refractivity contribution in [1.29, 1.82) is 0 Å². The summed E-state index contributed by atoms with van der Waals surface area (Å²) in [6, 6.07) is 5.98. The number of hydrazine groups is 1. The number of benzene rings is 1. The van der Waals surface area contributed by atoms with E-state index in [2.05, 4.69) is 15.5 Å². The standard InChI is InChI=1S/C13H12FN5/c14-10-3-1-2-9(6-10)13(18-15)11-7-17-19-5-4-16-8-12(11)19/h1-8,13,18H,15H2. The number of fused-ring (bicyclic) bond motifs is 1. The molecule has 0 bridgehead atoms. The summed E-state index contributed by atoms with van der Waals surface area (Å²) in [5.41, 5.74) is 5.11. The molecule has 1 aromatic carbocycles. The van der Waals surface area contributed by atoms with Crippen LogP contribution in [0.4, 0.5) is 4.39 Å². The summed E-state index contributed by atoms with van der Waals surface area (Å²) < 4.78 is 15.0. The van der Waals surface area contributed by atoms with E-state index in [4.69, 9.17) is 5.84 Å². The predicted octanol–water partition coefficient (Wildman–Crippen LogP) is 1.42. The van der Waals surface area contributed by atoms with Gasteiger partial charge in [0.1, 0.15) is 5.82 Å². The summed E-state index contributed by atoms with van der Waals surface area (Å²) in [6.07, 6.45) is 6.80. The Balaban J connectivity index is 2.12. The highest BCUT2D eigenvalue weighted by molar-refractivity contribution is 5.55. The maximum atomic E-state index is 13.3. The Kier molecular flexibility index (Phi) is 2.94. The van der Waals surface area contributed by atoms with Gasteiger partial charge in [-0.2, -0.15) is 5.10 Å². The first-order valence-corrected chi connectivity index (χ1v) is 5.78. The van der Waals surface area contributed by atoms with Crippen LogP contribution in [0, 0.1) is 5.82 Å². The van der Waals surface area contributed by atoms with Crippen molar-refractivity contribution >= 4 is 5.52 Å². The minimum Gasteiger partial charge on any atom is -0.271 e. The molecule has 5 nitrogen and oxygen atoms in total. The number of hydrogen-bond acceptors (Lipinski definition) is 4. The molecule has 2 heterocycles. The van der Waals surface area contributed by atoms with Gasteiger partial charge in [-0.15, -0.1) is 0 Å². The molecule has 0 amide bonds. The van der Waals surface area contributed by atoms with Crippen molar-refractivity contribution < 1.29 is 4.39 Å². The van der Waals surface area contributed by atoms with Crippen molar-refractivity contribution in [3.63, 3.8) is 0 Å². The maximum Gasteiger partial charge on any atom is 0.123 e. The second-order valence-corrected chi connectivity index (χ2v) is 4.16. The van der Waals surface area contributed by atoms with E-state index in [1.807, 2.05) is 6.07 Å². The molecular weight excluding hydrogens is 245 g/mol. The molecule has 0 saturated carbocycles. The topological polar surface area (TPSA) is 68.2 Å². The van der Waals surface area contributed by atoms with Crippen molar-refractivity contribution in [3.8, 4) is 0 Å². The number of hydrogen-bond donors (Lipinski definition) is 2. The van der Waals surface area contributed by atoms with Crippen LogP contribution in [0.15, 0.2) is 49.1 Å². The third-order valence-corrected chi connectivity index (χ3v) is 3.01. The molecule has 3 rings (SSSR count). The fourth-order valence-electron chi connectivity index (χ4n) is 2.13. The van der Waals surface area contributed by atoms with Gasteiger partial charge < -0.3 is 0 Å². The maximum absolute atomic E-state index is 13.3. The third kappa shape index (κ3) is 2.07. The molecule has 0 aliphatic rings. The number of rotatable bonds is 3. The smallest absolute Gasteiger partial charge is 0.123 e. The van der Waals surface area contributed by atoms with Gasteiger partial charge in [0, 0.05) is 18.0 Å². The van der Waals surface area contributed by atoms with Gasteiger partial charge in [-0.25, -0.2) is 14.3 Å². The predicted molar refractivity (Wildman–Crippen MR) is 68.6 cm³/mol. The van der Waals surface area contributed by atoms with Crippen LogP contribution in [0.1, 0.15) is 17.2 Å². The third-order valence-electron chi connectivity index (χ3n) is 3.01. The molecule has 1 atom stereocenters. The Morgan fingerprint density at radius 3 is 3.00 bits per heavy atom. The van der Waals surface area contributed by atoms with E-state index in [1.165, 1.54) is 12.1 Å². The zero-order chi connectivity index (χ0) is 13.2. The Labute approximate surface area is 108 Å². The van der Waals surface area contributed by atoms with Gasteiger partial charge in [-0.05, 0) is 17.7 Å². The monoisotopic (exact) mass is 257 g/mol. The minimum atomic E-state index is -0.336. The molecule has 0 radical (unpaired) electrons. The molecule has 2 aromatic heterocycles. The molecule has 19 heavy (non-hydrogen) atoms. The number of aromatic nitrogens is 3. The fraction of sp³-hybridized carbons (Fsp3) is 0.0769. The number of halogens is 1. The van der Waals surface area contributed by atoms with Crippen LogP contribution in [-0.4, -0.2) is 14.6 Å². The Morgan fingerprint density at radius 1 is 1.32 bits per heavy atom. The van der Waals surface area contributed by atoms with Gasteiger partial charge >= 0.3 is 0 Å². The molecular formula is C13H12FN5. The highest BCUT2D eigenvalue weighted by Crippen LogP contribution is 2.25. The lowest BCUT2D eigenvalue weighted by molar-refractivity contribution is 0.606. The molecule has 96 valence electrons. The normalized spacial score (nSPS) is 12.7. The van der Waals surface area contributed by atoms with Crippen molar-refractivity contribution in [2.75, 3.05) is 0 Å². The zero-order valence-electron chi connectivity index (χ0n) is 9.99. The fourth-order valence-corrected chi connectivity index (χ4v) is 2.13. The number of nitrogens with zero attached hydrogens (tertiary/aromatic N) is 3. The van der Waals surface area contributed by atoms with E-state index in [0.29, 0.717) is 0 Å². The Hall–Kier alpha value is -2.31. The van der Waals surface area contributed by atoms with Crippen LogP contribution in [0.5, 0.6) is 0 Å². The summed E-state index contributed by atoms with van der Waals surface area (Å²) in [5.74, 6) is 5.31. The van der Waals surface area contributed by atoms with E-state index < -0.39 is 0 Å². The van der Waals surface area contributed by atoms with E-state index in [0.717, 1.165) is 16.6 Å². The molecule has 0 spiro atoms. The van der Waals surface area contributed by atoms with Gasteiger partial charge in [-0.3, -0.25) is 10.8 Å². The molecule has 0 aliphatic heterocycles. The van der Waals surface area contributed by atoms with Crippen molar-refractivity contribution in [2.45, 2.75) is 6.04 Å². The zero-order valence-corrected chi connectivity index (χ0v) is 9.99. The summed E-state index contributed by atoms with van der Waals surface area (Å²) >= 11 is 0. The summed E-state index contributed by atoms with van der Waals surface area (Å²) in [6.45, 7) is 0. The van der Waals surface area contributed by atoms with E-state index in [1.54, 1.807) is 35.4 Å². The first kappa shape index (κ1) is 11.8. The van der Waals surface area contributed by atoms with Crippen molar-refractivity contribution in [2.24, 2.45) is 5.84 Å². The van der Waals surface area contributed by atoms with E-state index in [-0.39, 0.29) is 11.9 Å². The van der Waals surface area contributed by atoms with E-state index >= 15 is 0 Å². The lowest BCUT2D eigenvalue weighted by Crippen LogP contribution is -2.28. The lowest BCUT2D eigenvalue weighted by atomic mass is 10.0. The molecule has 0 fully saturated rings. The van der Waals surface area contributed by atoms with E-state index in [9.17, 15) is 4.39 Å². The van der Waals surface area contributed by atoms with Crippen LogP contribution >= 0.6 is 0 Å². The largest absolute Gasteiger partial charge is 0.271 e. The number of nitrogens with two attached hydrogens (primary N) is 1. The van der Waals surface area contributed by atoms with Crippen molar-refractivity contribution in [1.82, 2.24) is 20.0 Å². The summed E-state index contributed by atoms with van der Waals surface area (Å²) in [4.78, 5) is 4.07. The van der Waals surface area contributed by atoms with Crippen LogP contribution in [0.3, 0.4) is 0 Å². The molecule has 3 aromatic rings. The first-order valence-electron chi connectivity index (χ1n) is 5.78. The average Bonchev–Trinajstić information content (AvgIpc) is 2.84. The summed E-state index contributed by atoms with van der Waals surface area (Å²) in [7, 11) is 0. The van der Waals surface area contributed by atoms with Crippen LogP contribution in [0.25, 0.3) is 5.52 Å². The van der Waals surface area contributed by atoms with Crippen molar-refractivity contribution in [3.05, 3.63) is 66.0 Å². The molecule has 0 saturated heterocycles. The van der Waals surface area contributed by atoms with Gasteiger partial charge in [0.2, 0.25) is 0 Å². The van der Waals surface area contributed by atoms with Gasteiger partial charge in [0.25, 0.3) is 0 Å². The molecule has 6 heteroatoms. The number of nitrogens with one attached hydrogen (secondary N) is 1. The van der Waals surface area contributed by atoms with Gasteiger partial charge in [0.15, 0.2) is 0 Å².